The molecule has 0 unspecified atom stereocenters. The molecule has 2 N–H and O–H groups in total. The number of nitrogens with one attached hydrogen (secondary N) is 1. The predicted octanol–water partition coefficient (Wildman–Crippen LogP) is 1.12. The van der Waals surface area contributed by atoms with Crippen molar-refractivity contribution in [3.63, 3.8) is 0 Å². The van der Waals surface area contributed by atoms with Gasteiger partial charge in [-0.2, -0.15) is 16.9 Å². The van der Waals surface area contributed by atoms with Gasteiger partial charge in [0.05, 0.1) is 5.69 Å². The van der Waals surface area contributed by atoms with Crippen molar-refractivity contribution < 1.29 is 9.90 Å². The highest BCUT2D eigenvalue weighted by Gasteiger charge is 2.04. The van der Waals surface area contributed by atoms with Gasteiger partial charge in [-0.15, -0.1) is 0 Å². The Hall–Kier alpha value is -1.01. The van der Waals surface area contributed by atoms with Gasteiger partial charge in [0.25, 0.3) is 0 Å². The highest BCUT2D eigenvalue weighted by Crippen LogP contribution is 2.03. The second kappa shape index (κ2) is 8.98. The van der Waals surface area contributed by atoms with Crippen LogP contribution in [-0.4, -0.2) is 45.5 Å². The minimum Gasteiger partial charge on any atom is -0.396 e. The van der Waals surface area contributed by atoms with E-state index in [0.29, 0.717) is 19.5 Å². The van der Waals surface area contributed by atoms with E-state index in [-0.39, 0.29) is 12.5 Å². The first-order chi connectivity index (χ1) is 9.13. The Kier molecular flexibility index (Phi) is 7.59. The first-order valence-corrected chi connectivity index (χ1v) is 7.75. The minimum absolute atomic E-state index is 0.0651. The average Bonchev–Trinajstić information content (AvgIpc) is 2.69. The summed E-state index contributed by atoms with van der Waals surface area (Å²) >= 11 is 1.75. The van der Waals surface area contributed by atoms with Crippen LogP contribution in [0.2, 0.25) is 0 Å². The summed E-state index contributed by atoms with van der Waals surface area (Å²) in [6, 6.07) is 2.01. The zero-order valence-electron chi connectivity index (χ0n) is 11.7. The van der Waals surface area contributed by atoms with Crippen LogP contribution in [0.25, 0.3) is 0 Å². The lowest BCUT2D eigenvalue weighted by Crippen LogP contribution is -2.27. The summed E-state index contributed by atoms with van der Waals surface area (Å²) in [4.78, 5) is 11.6. The maximum Gasteiger partial charge on any atom is 0.221 e. The number of hydrogen-bond acceptors (Lipinski definition) is 4. The van der Waals surface area contributed by atoms with Gasteiger partial charge in [-0.1, -0.05) is 0 Å². The van der Waals surface area contributed by atoms with E-state index in [9.17, 15) is 4.79 Å². The summed E-state index contributed by atoms with van der Waals surface area (Å²) in [5.41, 5.74) is 2.07. The van der Waals surface area contributed by atoms with Crippen molar-refractivity contribution in [3.05, 3.63) is 17.5 Å². The largest absolute Gasteiger partial charge is 0.396 e. The van der Waals surface area contributed by atoms with E-state index in [2.05, 4.69) is 10.4 Å². The number of aliphatic hydroxyl groups is 1. The standard InChI is InChI=1S/C13H23N3O2S/c1-11-10-12(2)16(15-11)6-4-13(18)14-5-9-19-8-3-7-17/h10,17H,3-9H2,1-2H3,(H,14,18). The third kappa shape index (κ3) is 6.63. The third-order valence-corrected chi connectivity index (χ3v) is 3.74. The maximum absolute atomic E-state index is 11.6. The summed E-state index contributed by atoms with van der Waals surface area (Å²) in [7, 11) is 0. The number of aromatic nitrogens is 2. The zero-order valence-corrected chi connectivity index (χ0v) is 12.5. The summed E-state index contributed by atoms with van der Waals surface area (Å²) < 4.78 is 1.87. The van der Waals surface area contributed by atoms with Gasteiger partial charge in [0, 0.05) is 37.6 Å². The second-order valence-corrected chi connectivity index (χ2v) is 5.66. The lowest BCUT2D eigenvalue weighted by molar-refractivity contribution is -0.121. The quantitative estimate of drug-likeness (QED) is 0.667. The molecule has 0 aliphatic rings. The van der Waals surface area contributed by atoms with Gasteiger partial charge in [-0.25, -0.2) is 0 Å². The van der Waals surface area contributed by atoms with Crippen molar-refractivity contribution in [1.29, 1.82) is 0 Å². The molecule has 0 spiro atoms. The van der Waals surface area contributed by atoms with E-state index < -0.39 is 0 Å². The van der Waals surface area contributed by atoms with Gasteiger partial charge in [0.15, 0.2) is 0 Å². The molecular formula is C13H23N3O2S. The fourth-order valence-corrected chi connectivity index (χ4v) is 2.51. The smallest absolute Gasteiger partial charge is 0.221 e. The van der Waals surface area contributed by atoms with Gasteiger partial charge < -0.3 is 10.4 Å². The van der Waals surface area contributed by atoms with Crippen molar-refractivity contribution in [2.75, 3.05) is 24.7 Å². The molecule has 1 amide bonds. The molecule has 19 heavy (non-hydrogen) atoms. The first-order valence-electron chi connectivity index (χ1n) is 6.60. The van der Waals surface area contributed by atoms with E-state index in [4.69, 9.17) is 5.11 Å². The molecule has 0 radical (unpaired) electrons. The van der Waals surface area contributed by atoms with Gasteiger partial charge in [0.2, 0.25) is 5.91 Å². The average molecular weight is 285 g/mol. The number of aliphatic hydroxyl groups excluding tert-OH is 1. The van der Waals surface area contributed by atoms with Gasteiger partial charge in [-0.05, 0) is 32.1 Å². The molecule has 1 aromatic rings. The topological polar surface area (TPSA) is 67.2 Å². The van der Waals surface area contributed by atoms with E-state index in [0.717, 1.165) is 29.3 Å². The highest BCUT2D eigenvalue weighted by molar-refractivity contribution is 7.99. The Balaban J connectivity index is 2.09. The van der Waals surface area contributed by atoms with Crippen LogP contribution in [0, 0.1) is 13.8 Å². The van der Waals surface area contributed by atoms with Gasteiger partial charge in [0.1, 0.15) is 0 Å². The molecule has 1 rings (SSSR count). The number of carbonyl (C=O) groups is 1. The third-order valence-electron chi connectivity index (χ3n) is 2.67. The number of hydrogen-bond donors (Lipinski definition) is 2. The maximum atomic E-state index is 11.6. The van der Waals surface area contributed by atoms with Crippen LogP contribution in [0.1, 0.15) is 24.2 Å². The molecule has 0 atom stereocenters. The minimum atomic E-state index is 0.0651. The Labute approximate surface area is 118 Å². The number of thioether (sulfide) groups is 1. The number of aryl methyl sites for hydroxylation is 3. The van der Waals surface area contributed by atoms with Crippen molar-refractivity contribution in [1.82, 2.24) is 15.1 Å². The first kappa shape index (κ1) is 16.0. The summed E-state index contributed by atoms with van der Waals surface area (Å²) in [6.45, 7) is 5.50. The predicted molar refractivity (Wildman–Crippen MR) is 78.4 cm³/mol. The monoisotopic (exact) mass is 285 g/mol. The molecule has 0 bridgehead atoms. The molecule has 108 valence electrons. The highest BCUT2D eigenvalue weighted by atomic mass is 32.2. The van der Waals surface area contributed by atoms with Crippen LogP contribution in [0.15, 0.2) is 6.07 Å². The van der Waals surface area contributed by atoms with E-state index in [1.807, 2.05) is 24.6 Å². The van der Waals surface area contributed by atoms with E-state index in [1.165, 1.54) is 0 Å². The molecule has 0 aromatic carbocycles. The number of amides is 1. The number of carbonyl (C=O) groups excluding carboxylic acids is 1. The normalized spacial score (nSPS) is 10.7. The molecule has 1 aromatic heterocycles. The molecule has 5 nitrogen and oxygen atoms in total. The van der Waals surface area contributed by atoms with Crippen molar-refractivity contribution in [3.8, 4) is 0 Å². The number of nitrogens with zero attached hydrogens (tertiary/aromatic N) is 2. The fourth-order valence-electron chi connectivity index (χ4n) is 1.73. The molecule has 6 heteroatoms. The van der Waals surface area contributed by atoms with Crippen LogP contribution in [-0.2, 0) is 11.3 Å². The van der Waals surface area contributed by atoms with E-state index in [1.54, 1.807) is 11.8 Å². The lowest BCUT2D eigenvalue weighted by Gasteiger charge is -2.06. The summed E-state index contributed by atoms with van der Waals surface area (Å²) in [5, 5.41) is 15.8. The molecule has 0 saturated heterocycles. The molecule has 0 aliphatic carbocycles. The van der Waals surface area contributed by atoms with Crippen LogP contribution in [0.4, 0.5) is 0 Å². The number of rotatable bonds is 9. The fraction of sp³-hybridized carbons (Fsp3) is 0.692. The van der Waals surface area contributed by atoms with Crippen LogP contribution < -0.4 is 5.32 Å². The summed E-state index contributed by atoms with van der Waals surface area (Å²) in [5.74, 6) is 1.90. The Morgan fingerprint density at radius 3 is 2.89 bits per heavy atom. The summed E-state index contributed by atoms with van der Waals surface area (Å²) in [6.07, 6.45) is 1.28. The van der Waals surface area contributed by atoms with Crippen molar-refractivity contribution in [2.24, 2.45) is 0 Å². The zero-order chi connectivity index (χ0) is 14.1. The molecule has 0 fully saturated rings. The SMILES string of the molecule is Cc1cc(C)n(CCC(=O)NCCSCCCO)n1. The van der Waals surface area contributed by atoms with Crippen molar-refractivity contribution >= 4 is 17.7 Å². The van der Waals surface area contributed by atoms with Crippen LogP contribution in [0.5, 0.6) is 0 Å². The molecular weight excluding hydrogens is 262 g/mol. The van der Waals surface area contributed by atoms with Gasteiger partial charge >= 0.3 is 0 Å². The Morgan fingerprint density at radius 1 is 1.47 bits per heavy atom. The Bertz CT molecular complexity index is 393. The second-order valence-electron chi connectivity index (χ2n) is 4.44. The Morgan fingerprint density at radius 2 is 2.26 bits per heavy atom. The lowest BCUT2D eigenvalue weighted by atomic mass is 10.3. The van der Waals surface area contributed by atoms with Crippen LogP contribution >= 0.6 is 11.8 Å². The molecule has 0 saturated carbocycles. The van der Waals surface area contributed by atoms with E-state index >= 15 is 0 Å². The molecule has 1 heterocycles. The molecule has 0 aliphatic heterocycles. The van der Waals surface area contributed by atoms with Crippen LogP contribution in [0.3, 0.4) is 0 Å². The van der Waals surface area contributed by atoms with Crippen molar-refractivity contribution in [2.45, 2.75) is 33.2 Å². The van der Waals surface area contributed by atoms with Gasteiger partial charge in [-0.3, -0.25) is 9.48 Å².